The maximum absolute atomic E-state index is 12.1. The summed E-state index contributed by atoms with van der Waals surface area (Å²) < 4.78 is 6.23. The Labute approximate surface area is 144 Å². The monoisotopic (exact) mass is 348 g/mol. The molecule has 120 valence electrons. The molecule has 1 aromatic carbocycles. The fourth-order valence-corrected chi connectivity index (χ4v) is 3.45. The molecule has 1 aromatic heterocycles. The summed E-state index contributed by atoms with van der Waals surface area (Å²) in [6.45, 7) is 3.63. The topological polar surface area (TPSA) is 62.1 Å². The van der Waals surface area contributed by atoms with Crippen LogP contribution in [-0.2, 0) is 9.53 Å². The molecule has 1 amide bonds. The zero-order valence-electron chi connectivity index (χ0n) is 12.8. The fourth-order valence-electron chi connectivity index (χ4n) is 2.02. The lowest BCUT2D eigenvalue weighted by molar-refractivity contribution is -0.117. The van der Waals surface area contributed by atoms with Gasteiger partial charge in [0.25, 0.3) is 5.91 Å². The average molecular weight is 349 g/mol. The molecule has 23 heavy (non-hydrogen) atoms. The smallest absolute Gasteiger partial charge is 0.261 e. The lowest BCUT2D eigenvalue weighted by atomic mass is 10.2. The molecule has 4 nitrogen and oxygen atoms in total. The number of fused-ring (bicyclic) bond motifs is 1. The molecule has 0 radical (unpaired) electrons. The molecule has 0 spiro atoms. The molecule has 1 N–H and O–H groups in total. The van der Waals surface area contributed by atoms with Crippen molar-refractivity contribution in [1.29, 1.82) is 5.26 Å². The van der Waals surface area contributed by atoms with E-state index >= 15 is 0 Å². The number of benzene rings is 1. The van der Waals surface area contributed by atoms with Crippen molar-refractivity contribution in [3.05, 3.63) is 39.7 Å². The summed E-state index contributed by atoms with van der Waals surface area (Å²) in [6, 6.07) is 9.66. The number of hydrogen-bond donors (Lipinski definition) is 1. The third-order valence-corrected chi connectivity index (χ3v) is 4.79. The standard InChI is InChI=1S/C17H17ClN2O2S/c1-2-22-9-5-8-20-17(21)12(11-19)10-15-16(18)13-6-3-4-7-14(13)23-15/h3-4,6-7,10H,2,5,8-9H2,1H3,(H,20,21)/b12-10-. The van der Waals surface area contributed by atoms with E-state index in [1.807, 2.05) is 37.3 Å². The summed E-state index contributed by atoms with van der Waals surface area (Å²) in [6.07, 6.45) is 2.26. The summed E-state index contributed by atoms with van der Waals surface area (Å²) in [4.78, 5) is 12.8. The van der Waals surface area contributed by atoms with Crippen molar-refractivity contribution in [2.24, 2.45) is 0 Å². The van der Waals surface area contributed by atoms with Crippen molar-refractivity contribution in [1.82, 2.24) is 5.32 Å². The second-order valence-corrected chi connectivity index (χ2v) is 6.21. The lowest BCUT2D eigenvalue weighted by Gasteiger charge is -2.04. The number of hydrogen-bond acceptors (Lipinski definition) is 4. The number of amides is 1. The normalized spacial score (nSPS) is 11.4. The van der Waals surface area contributed by atoms with Crippen LogP contribution >= 0.6 is 22.9 Å². The molecule has 0 atom stereocenters. The number of halogens is 1. The Morgan fingerprint density at radius 1 is 1.48 bits per heavy atom. The van der Waals surface area contributed by atoms with Gasteiger partial charge in [0.2, 0.25) is 0 Å². The van der Waals surface area contributed by atoms with Crippen LogP contribution in [0.15, 0.2) is 29.8 Å². The summed E-state index contributed by atoms with van der Waals surface area (Å²) in [5.41, 5.74) is 0.0508. The molecular formula is C17H17ClN2O2S. The first-order valence-electron chi connectivity index (χ1n) is 7.32. The third kappa shape index (κ3) is 4.55. The molecule has 2 rings (SSSR count). The zero-order chi connectivity index (χ0) is 16.7. The van der Waals surface area contributed by atoms with E-state index in [1.54, 1.807) is 6.08 Å². The van der Waals surface area contributed by atoms with E-state index < -0.39 is 5.91 Å². The van der Waals surface area contributed by atoms with Crippen molar-refractivity contribution in [2.75, 3.05) is 19.8 Å². The van der Waals surface area contributed by atoms with Gasteiger partial charge in [-0.15, -0.1) is 11.3 Å². The summed E-state index contributed by atoms with van der Waals surface area (Å²) >= 11 is 7.79. The highest BCUT2D eigenvalue weighted by molar-refractivity contribution is 7.20. The predicted octanol–water partition coefficient (Wildman–Crippen LogP) is 4.00. The largest absolute Gasteiger partial charge is 0.382 e. The van der Waals surface area contributed by atoms with Crippen molar-refractivity contribution in [3.63, 3.8) is 0 Å². The van der Waals surface area contributed by atoms with Gasteiger partial charge >= 0.3 is 0 Å². The highest BCUT2D eigenvalue weighted by Gasteiger charge is 2.13. The maximum Gasteiger partial charge on any atom is 0.261 e. The molecule has 0 fully saturated rings. The van der Waals surface area contributed by atoms with Crippen LogP contribution in [0.4, 0.5) is 0 Å². The van der Waals surface area contributed by atoms with Crippen LogP contribution in [0.5, 0.6) is 0 Å². The molecule has 0 aliphatic rings. The molecule has 0 unspecified atom stereocenters. The lowest BCUT2D eigenvalue weighted by Crippen LogP contribution is -2.26. The molecule has 0 bridgehead atoms. The quantitative estimate of drug-likeness (QED) is 0.467. The van der Waals surface area contributed by atoms with E-state index in [9.17, 15) is 10.1 Å². The molecule has 0 saturated carbocycles. The molecule has 0 aliphatic heterocycles. The fraction of sp³-hybridized carbons (Fsp3) is 0.294. The van der Waals surface area contributed by atoms with E-state index in [2.05, 4.69) is 5.32 Å². The number of nitrogens with one attached hydrogen (secondary N) is 1. The van der Waals surface area contributed by atoms with Crippen LogP contribution in [0.1, 0.15) is 18.2 Å². The van der Waals surface area contributed by atoms with E-state index in [0.717, 1.165) is 10.1 Å². The Morgan fingerprint density at radius 3 is 2.96 bits per heavy atom. The Morgan fingerprint density at radius 2 is 2.26 bits per heavy atom. The minimum Gasteiger partial charge on any atom is -0.382 e. The highest BCUT2D eigenvalue weighted by atomic mass is 35.5. The van der Waals surface area contributed by atoms with Crippen molar-refractivity contribution >= 4 is 45.0 Å². The second kappa shape index (κ2) is 8.68. The van der Waals surface area contributed by atoms with Crippen LogP contribution in [-0.4, -0.2) is 25.7 Å². The van der Waals surface area contributed by atoms with E-state index in [1.165, 1.54) is 11.3 Å². The van der Waals surface area contributed by atoms with Crippen molar-refractivity contribution in [3.8, 4) is 6.07 Å². The SMILES string of the molecule is CCOCCCNC(=O)/C(C#N)=C\c1sc2ccccc2c1Cl. The molecule has 2 aromatic rings. The van der Waals surface area contributed by atoms with Gasteiger partial charge in [-0.1, -0.05) is 29.8 Å². The van der Waals surface area contributed by atoms with Crippen LogP contribution in [0.2, 0.25) is 5.02 Å². The molecule has 0 saturated heterocycles. The second-order valence-electron chi connectivity index (χ2n) is 4.75. The number of ether oxygens (including phenoxy) is 1. The number of thiophene rings is 1. The Kier molecular flexibility index (Phi) is 6.60. The van der Waals surface area contributed by atoms with Crippen LogP contribution < -0.4 is 5.32 Å². The predicted molar refractivity (Wildman–Crippen MR) is 94.5 cm³/mol. The number of nitriles is 1. The first kappa shape index (κ1) is 17.5. The Hall–Kier alpha value is -1.87. The van der Waals surface area contributed by atoms with Crippen LogP contribution in [0.25, 0.3) is 16.2 Å². The molecule has 6 heteroatoms. The van der Waals surface area contributed by atoms with Gasteiger partial charge in [-0.05, 0) is 25.5 Å². The number of rotatable bonds is 7. The summed E-state index contributed by atoms with van der Waals surface area (Å²) in [7, 11) is 0. The third-order valence-electron chi connectivity index (χ3n) is 3.16. The molecule has 0 aliphatic carbocycles. The zero-order valence-corrected chi connectivity index (χ0v) is 14.3. The van der Waals surface area contributed by atoms with Gasteiger partial charge in [0.05, 0.1) is 5.02 Å². The van der Waals surface area contributed by atoms with Crippen LogP contribution in [0, 0.1) is 11.3 Å². The van der Waals surface area contributed by atoms with Gasteiger partial charge in [-0.3, -0.25) is 4.79 Å². The van der Waals surface area contributed by atoms with E-state index in [0.29, 0.717) is 36.1 Å². The van der Waals surface area contributed by atoms with Gasteiger partial charge in [-0.25, -0.2) is 0 Å². The summed E-state index contributed by atoms with van der Waals surface area (Å²) in [5, 5.41) is 13.4. The maximum atomic E-state index is 12.1. The number of carbonyl (C=O) groups excluding carboxylic acids is 1. The minimum absolute atomic E-state index is 0.0508. The number of carbonyl (C=O) groups is 1. The number of nitrogens with zero attached hydrogens (tertiary/aromatic N) is 1. The average Bonchev–Trinajstić information content (AvgIpc) is 2.88. The summed E-state index contributed by atoms with van der Waals surface area (Å²) in [5.74, 6) is -0.391. The first-order chi connectivity index (χ1) is 11.2. The minimum atomic E-state index is -0.391. The van der Waals surface area contributed by atoms with Gasteiger partial charge in [0.1, 0.15) is 11.6 Å². The first-order valence-corrected chi connectivity index (χ1v) is 8.51. The van der Waals surface area contributed by atoms with Gasteiger partial charge in [0, 0.05) is 34.7 Å². The van der Waals surface area contributed by atoms with Crippen molar-refractivity contribution in [2.45, 2.75) is 13.3 Å². The van der Waals surface area contributed by atoms with Gasteiger partial charge in [0.15, 0.2) is 0 Å². The van der Waals surface area contributed by atoms with E-state index in [4.69, 9.17) is 16.3 Å². The Bertz CT molecular complexity index is 762. The van der Waals surface area contributed by atoms with Crippen molar-refractivity contribution < 1.29 is 9.53 Å². The van der Waals surface area contributed by atoms with Gasteiger partial charge in [-0.2, -0.15) is 5.26 Å². The molecular weight excluding hydrogens is 332 g/mol. The van der Waals surface area contributed by atoms with Crippen LogP contribution in [0.3, 0.4) is 0 Å². The Balaban J connectivity index is 2.09. The van der Waals surface area contributed by atoms with E-state index in [-0.39, 0.29) is 5.57 Å². The van der Waals surface area contributed by atoms with Gasteiger partial charge < -0.3 is 10.1 Å². The highest BCUT2D eigenvalue weighted by Crippen LogP contribution is 2.36. The molecule has 1 heterocycles.